The molecule has 0 bridgehead atoms. The minimum atomic E-state index is 0.581. The fourth-order valence-electron chi connectivity index (χ4n) is 21.9. The summed E-state index contributed by atoms with van der Waals surface area (Å²) in [4.78, 5) is 0. The molecule has 0 radical (unpaired) electrons. The Labute approximate surface area is 802 Å². The molecule has 16 aromatic carbocycles. The lowest BCUT2D eigenvalue weighted by Gasteiger charge is -2.11. The highest BCUT2D eigenvalue weighted by Crippen LogP contribution is 2.51. The smallest absolute Gasteiger partial charge is 0.299 e. The van der Waals surface area contributed by atoms with E-state index in [0.29, 0.717) is 5.78 Å². The first-order valence-electron chi connectivity index (χ1n) is 46.9. The Balaban J connectivity index is 0.0000000975. The number of imidazole rings is 4. The molecule has 0 aliphatic rings. The number of aryl methyl sites for hydroxylation is 14. The van der Waals surface area contributed by atoms with Crippen LogP contribution in [0.1, 0.15) is 55.6 Å². The lowest BCUT2D eigenvalue weighted by molar-refractivity contribution is -0.634. The number of nitrogens with zero attached hydrogens (tertiary/aromatic N) is 8. The van der Waals surface area contributed by atoms with E-state index in [-0.39, 0.29) is 0 Å². The third kappa shape index (κ3) is 12.7. The number of aromatic nitrogens is 8. The SMILES string of the molecule is Cc1cc2c(cc1-c1n(-c3c(C)cccc3C)c3ccccc3[n+]1C)oc1c3ccccc3oc21.Cc1cc2c(cc1-c1n(-c3c(C)cccc3C)c3ccccc3[n+]1C)oc1oc3ccccc3c12.Cc1ccccc1-n1c(-c2c(C)ccc3c2oc2c4ccccc4oc32)[n+](C)c2ccccc21.Cc1ccccc1-n1c(-c2c(C)ccc3c2sc2sc4ccccc4c23)[n+](C)c2ccccc21. The predicted molar refractivity (Wildman–Crippen MR) is 566 cm³/mol. The lowest BCUT2D eigenvalue weighted by Crippen LogP contribution is -2.30. The van der Waals surface area contributed by atoms with Crippen molar-refractivity contribution in [3.05, 3.63) is 383 Å². The zero-order valence-corrected chi connectivity index (χ0v) is 80.7. The van der Waals surface area contributed by atoms with Gasteiger partial charge < -0.3 is 26.5 Å². The molecular weight excluding hydrogens is 1740 g/mol. The van der Waals surface area contributed by atoms with Gasteiger partial charge >= 0.3 is 0 Å². The van der Waals surface area contributed by atoms with E-state index < -0.39 is 0 Å². The van der Waals surface area contributed by atoms with Crippen molar-refractivity contribution in [2.24, 2.45) is 28.2 Å². The van der Waals surface area contributed by atoms with Gasteiger partial charge in [0.1, 0.15) is 56.2 Å². The molecule has 0 fully saturated rings. The Kier molecular flexibility index (Phi) is 19.4. The Bertz CT molecular complexity index is 9620. The first-order valence-corrected chi connectivity index (χ1v) is 48.6. The molecule has 0 amide bonds. The molecule has 0 aliphatic heterocycles. The van der Waals surface area contributed by atoms with Crippen molar-refractivity contribution < 1.29 is 44.8 Å². The number of furan rings is 6. The van der Waals surface area contributed by atoms with Gasteiger partial charge in [-0.1, -0.05) is 200 Å². The van der Waals surface area contributed by atoms with Gasteiger partial charge in [-0.05, 0) is 252 Å². The molecular formula is C122H96N8O6S2+4. The third-order valence-electron chi connectivity index (χ3n) is 28.5. The normalized spacial score (nSPS) is 12.0. The fourth-order valence-corrected chi connectivity index (χ4v) is 24.7. The van der Waals surface area contributed by atoms with Gasteiger partial charge in [0.15, 0.2) is 72.0 Å². The van der Waals surface area contributed by atoms with Crippen LogP contribution in [0.3, 0.4) is 0 Å². The van der Waals surface area contributed by atoms with Gasteiger partial charge in [0.05, 0.1) is 80.5 Å². The molecule has 668 valence electrons. The van der Waals surface area contributed by atoms with Crippen molar-refractivity contribution in [2.45, 2.75) is 69.2 Å². The first kappa shape index (κ1) is 83.4. The number of benzene rings is 16. The molecule has 0 N–H and O–H groups in total. The van der Waals surface area contributed by atoms with E-state index in [2.05, 4.69) is 407 Å². The van der Waals surface area contributed by atoms with Crippen LogP contribution < -0.4 is 18.3 Å². The topological polar surface area (TPSA) is 114 Å². The van der Waals surface area contributed by atoms with Crippen molar-refractivity contribution in [3.63, 3.8) is 0 Å². The first-order chi connectivity index (χ1) is 67.3. The van der Waals surface area contributed by atoms with Gasteiger partial charge in [-0.3, -0.25) is 0 Å². The fraction of sp³-hybridized carbons (Fsp3) is 0.115. The number of hydrogen-bond donors (Lipinski definition) is 0. The maximum atomic E-state index is 6.62. The number of fused-ring (bicyclic) bond motifs is 24. The van der Waals surface area contributed by atoms with Gasteiger partial charge in [0.25, 0.3) is 29.1 Å². The van der Waals surface area contributed by atoms with Gasteiger partial charge in [-0.25, -0.2) is 18.3 Å². The Morgan fingerprint density at radius 2 is 0.601 bits per heavy atom. The van der Waals surface area contributed by atoms with E-state index in [1.165, 1.54) is 141 Å². The standard InChI is InChI=1S/2C31H25N2O2.C30H23N2O2.C30H23N2S2/c1-18-10-9-11-19(2)29(18)33-25-14-7-6-13-24(25)32(4)30(33)22-17-27-23(16-20(22)3)28-21-12-5-8-15-26(21)34-31(28)35-27;1-18-10-9-11-19(2)28(18)33-25-14-7-6-13-24(25)32(4)31(33)22-17-27-23(16-20(22)3)30-29(35-27)21-12-5-8-15-26(21)34-30;1-18-10-4-6-12-22(18)32-24-14-8-7-13-23(24)31(3)30(32)26-19(2)16-17-21-27(26)34-28-20-11-5-9-15-25(20)33-29(21)28;1-18-10-4-6-12-22(18)32-24-14-8-7-13-23(24)31(3)29(32)26-19(2)16-17-21-27-20-11-5-9-15-25(20)33-30(27)34-28(21)26/h2*5-17H,1-4H3;2*4-17H,1-3H3/q4*+1. The summed E-state index contributed by atoms with van der Waals surface area (Å²) in [6, 6.07) is 115. The second-order valence-electron chi connectivity index (χ2n) is 36.9. The summed E-state index contributed by atoms with van der Waals surface area (Å²) < 4.78 is 60.8. The zero-order valence-electron chi connectivity index (χ0n) is 79.0. The van der Waals surface area contributed by atoms with Crippen molar-refractivity contribution in [1.29, 1.82) is 0 Å². The number of thiophene rings is 2. The van der Waals surface area contributed by atoms with Gasteiger partial charge in [-0.15, -0.1) is 22.7 Å². The summed E-state index contributed by atoms with van der Waals surface area (Å²) in [5, 5.41) is 11.4. The molecule has 0 saturated heterocycles. The van der Waals surface area contributed by atoms with Crippen LogP contribution in [-0.2, 0) is 28.2 Å². The summed E-state index contributed by atoms with van der Waals surface area (Å²) in [6.07, 6.45) is 0. The number of para-hydroxylation sites is 15. The molecule has 0 spiro atoms. The molecule has 0 aliphatic carbocycles. The highest BCUT2D eigenvalue weighted by Gasteiger charge is 2.37. The summed E-state index contributed by atoms with van der Waals surface area (Å²) in [7, 11) is 8.63. The van der Waals surface area contributed by atoms with E-state index in [4.69, 9.17) is 26.5 Å². The molecule has 0 unspecified atom stereocenters. The Morgan fingerprint density at radius 1 is 0.232 bits per heavy atom. The molecule has 138 heavy (non-hydrogen) atoms. The zero-order chi connectivity index (χ0) is 93.6. The van der Waals surface area contributed by atoms with Crippen molar-refractivity contribution in [1.82, 2.24) is 18.3 Å². The molecule has 12 heterocycles. The molecule has 16 heteroatoms. The van der Waals surface area contributed by atoms with Crippen LogP contribution in [0.25, 0.3) is 241 Å². The summed E-state index contributed by atoms with van der Waals surface area (Å²) in [6.45, 7) is 21.8. The highest BCUT2D eigenvalue weighted by atomic mass is 32.2. The average Bonchev–Trinajstić information content (AvgIpc) is 1.56. The average molecular weight is 1830 g/mol. The summed E-state index contributed by atoms with van der Waals surface area (Å²) in [5.74, 6) is 5.15. The lowest BCUT2D eigenvalue weighted by atomic mass is 10.0. The molecule has 0 saturated carbocycles. The maximum Gasteiger partial charge on any atom is 0.299 e. The molecule has 28 rings (SSSR count). The molecule has 0 atom stereocenters. The van der Waals surface area contributed by atoms with Crippen molar-refractivity contribution in [3.8, 4) is 68.3 Å². The van der Waals surface area contributed by atoms with E-state index in [1.807, 2.05) is 77.3 Å². The van der Waals surface area contributed by atoms with Crippen LogP contribution >= 0.6 is 22.7 Å². The van der Waals surface area contributed by atoms with Crippen LogP contribution in [0, 0.1) is 69.2 Å². The molecule has 12 aromatic heterocycles. The van der Waals surface area contributed by atoms with E-state index in [1.54, 1.807) is 0 Å². The Morgan fingerprint density at radius 3 is 1.12 bits per heavy atom. The number of rotatable bonds is 8. The Hall–Kier alpha value is -16.4. The highest BCUT2D eigenvalue weighted by molar-refractivity contribution is 7.44. The minimum Gasteiger partial charge on any atom is -0.452 e. The largest absolute Gasteiger partial charge is 0.452 e. The van der Waals surface area contributed by atoms with Crippen LogP contribution in [0.15, 0.2) is 354 Å². The van der Waals surface area contributed by atoms with Crippen molar-refractivity contribution >= 4 is 196 Å². The number of hydrogen-bond acceptors (Lipinski definition) is 8. The molecule has 28 aromatic rings. The minimum absolute atomic E-state index is 0.581. The predicted octanol–water partition coefficient (Wildman–Crippen LogP) is 31.1. The van der Waals surface area contributed by atoms with Crippen LogP contribution in [0.5, 0.6) is 0 Å². The van der Waals surface area contributed by atoms with Crippen LogP contribution in [0.4, 0.5) is 0 Å². The van der Waals surface area contributed by atoms with Gasteiger partial charge in [0, 0.05) is 31.6 Å². The van der Waals surface area contributed by atoms with E-state index >= 15 is 0 Å². The van der Waals surface area contributed by atoms with Crippen molar-refractivity contribution in [2.75, 3.05) is 0 Å². The summed E-state index contributed by atoms with van der Waals surface area (Å²) in [5.41, 5.74) is 39.6. The maximum absolute atomic E-state index is 6.62. The second kappa shape index (κ2) is 32.2. The second-order valence-corrected chi connectivity index (χ2v) is 39.2. The van der Waals surface area contributed by atoms with Gasteiger partial charge in [-0.2, -0.15) is 18.3 Å². The monoisotopic (exact) mass is 1830 g/mol. The van der Waals surface area contributed by atoms with E-state index in [9.17, 15) is 0 Å². The third-order valence-corrected chi connectivity index (χ3v) is 31.0. The van der Waals surface area contributed by atoms with Crippen LogP contribution in [-0.4, -0.2) is 18.3 Å². The molecule has 14 nitrogen and oxygen atoms in total. The van der Waals surface area contributed by atoms with Gasteiger partial charge in [0.2, 0.25) is 0 Å². The van der Waals surface area contributed by atoms with E-state index in [0.717, 1.165) is 150 Å². The van der Waals surface area contributed by atoms with Crippen LogP contribution in [0.2, 0.25) is 0 Å². The summed E-state index contributed by atoms with van der Waals surface area (Å²) >= 11 is 3.86. The quantitative estimate of drug-likeness (QED) is 0.140.